The molecule has 0 unspecified atom stereocenters. The number of fused-ring (bicyclic) bond motifs is 1. The van der Waals surface area contributed by atoms with Crippen LogP contribution in [0, 0.1) is 18.8 Å². The first-order valence-corrected chi connectivity index (χ1v) is 12.1. The number of allylic oxidation sites excluding steroid dienone is 1. The molecule has 1 aliphatic carbocycles. The van der Waals surface area contributed by atoms with E-state index in [9.17, 15) is 22.4 Å². The summed E-state index contributed by atoms with van der Waals surface area (Å²) in [5, 5.41) is 15.5. The van der Waals surface area contributed by atoms with Crippen LogP contribution in [0.4, 0.5) is 17.6 Å². The van der Waals surface area contributed by atoms with E-state index >= 15 is 0 Å². The lowest BCUT2D eigenvalue weighted by Gasteiger charge is -2.32. The Balaban J connectivity index is 1.76. The second-order valence-electron chi connectivity index (χ2n) is 9.37. The number of hydrogen-bond donors (Lipinski definition) is 2. The number of aromatic amines is 1. The molecule has 9 heteroatoms. The lowest BCUT2D eigenvalue weighted by atomic mass is 9.73. The maximum absolute atomic E-state index is 14.5. The average Bonchev–Trinajstić information content (AvgIpc) is 3.21. The van der Waals surface area contributed by atoms with Gasteiger partial charge in [-0.05, 0) is 83.4 Å². The van der Waals surface area contributed by atoms with Crippen molar-refractivity contribution in [2.75, 3.05) is 0 Å². The minimum atomic E-state index is -4.51. The Kier molecular flexibility index (Phi) is 6.60. The summed E-state index contributed by atoms with van der Waals surface area (Å²) in [6.07, 6.45) is 1.54. The highest BCUT2D eigenvalue weighted by Crippen LogP contribution is 2.46. The largest absolute Gasteiger partial charge is 0.478 e. The highest BCUT2D eigenvalue weighted by atomic mass is 19.4. The van der Waals surface area contributed by atoms with Crippen LogP contribution in [0.2, 0.25) is 0 Å². The summed E-state index contributed by atoms with van der Waals surface area (Å²) in [7, 11) is 0. The molecule has 1 aliphatic rings. The van der Waals surface area contributed by atoms with Crippen molar-refractivity contribution in [1.82, 2.24) is 15.2 Å². The minimum Gasteiger partial charge on any atom is -0.478 e. The third-order valence-electron chi connectivity index (χ3n) is 6.86. The first-order chi connectivity index (χ1) is 18.1. The second kappa shape index (κ2) is 9.89. The zero-order valence-electron chi connectivity index (χ0n) is 20.3. The number of pyridine rings is 1. The first kappa shape index (κ1) is 25.4. The molecule has 38 heavy (non-hydrogen) atoms. The number of carboxylic acid groups (broad SMARTS) is 1. The van der Waals surface area contributed by atoms with Crippen LogP contribution in [0.15, 0.2) is 60.8 Å². The van der Waals surface area contributed by atoms with Crippen LogP contribution in [-0.4, -0.2) is 26.3 Å². The van der Waals surface area contributed by atoms with Gasteiger partial charge in [0.25, 0.3) is 0 Å². The molecule has 0 aliphatic heterocycles. The third kappa shape index (κ3) is 4.96. The summed E-state index contributed by atoms with van der Waals surface area (Å²) in [5.74, 6) is -1.59. The number of benzene rings is 2. The van der Waals surface area contributed by atoms with Crippen LogP contribution in [0.3, 0.4) is 0 Å². The molecule has 1 saturated carbocycles. The predicted molar refractivity (Wildman–Crippen MR) is 136 cm³/mol. The second-order valence-corrected chi connectivity index (χ2v) is 9.37. The number of aromatic nitrogens is 3. The molecule has 194 valence electrons. The molecule has 0 atom stereocenters. The number of hydrogen-bond acceptors (Lipinski definition) is 3. The molecular weight excluding hydrogens is 498 g/mol. The van der Waals surface area contributed by atoms with Crippen molar-refractivity contribution in [3.8, 4) is 0 Å². The van der Waals surface area contributed by atoms with Crippen molar-refractivity contribution >= 4 is 34.1 Å². The lowest BCUT2D eigenvalue weighted by molar-refractivity contribution is -0.138. The molecule has 0 saturated heterocycles. The van der Waals surface area contributed by atoms with Gasteiger partial charge in [-0.2, -0.15) is 22.7 Å². The number of alkyl halides is 3. The Hall–Kier alpha value is -4.27. The number of rotatable bonds is 6. The van der Waals surface area contributed by atoms with E-state index in [-0.39, 0.29) is 5.92 Å². The Morgan fingerprint density at radius 1 is 1.08 bits per heavy atom. The van der Waals surface area contributed by atoms with Crippen LogP contribution < -0.4 is 0 Å². The van der Waals surface area contributed by atoms with Crippen molar-refractivity contribution in [2.45, 2.75) is 32.4 Å². The third-order valence-corrected chi connectivity index (χ3v) is 6.86. The van der Waals surface area contributed by atoms with Crippen LogP contribution in [-0.2, 0) is 11.0 Å². The molecule has 5 nitrogen and oxygen atoms in total. The van der Waals surface area contributed by atoms with Crippen LogP contribution >= 0.6 is 0 Å². The van der Waals surface area contributed by atoms with Crippen LogP contribution in [0.25, 0.3) is 28.1 Å². The molecule has 2 aromatic heterocycles. The highest BCUT2D eigenvalue weighted by molar-refractivity contribution is 6.01. The molecule has 2 heterocycles. The fourth-order valence-corrected chi connectivity index (χ4v) is 4.77. The number of carboxylic acids is 1. The average molecular weight is 522 g/mol. The van der Waals surface area contributed by atoms with Crippen molar-refractivity contribution in [3.05, 3.63) is 100 Å². The van der Waals surface area contributed by atoms with E-state index in [4.69, 9.17) is 5.11 Å². The SMILES string of the molecule is Cc1cc(C(F)(F)F)cnc1/C(=C(\c1ccc(/C=C/C(=O)O)cc1)c1ccc2n[nH]c(F)c2c1)C1CCC1. The lowest BCUT2D eigenvalue weighted by Crippen LogP contribution is -2.17. The van der Waals surface area contributed by atoms with Crippen molar-refractivity contribution in [1.29, 1.82) is 0 Å². The fourth-order valence-electron chi connectivity index (χ4n) is 4.77. The zero-order valence-corrected chi connectivity index (χ0v) is 20.3. The highest BCUT2D eigenvalue weighted by Gasteiger charge is 2.33. The van der Waals surface area contributed by atoms with E-state index in [0.29, 0.717) is 33.3 Å². The Morgan fingerprint density at radius 2 is 1.79 bits per heavy atom. The number of H-pyrrole nitrogens is 1. The van der Waals surface area contributed by atoms with Gasteiger partial charge in [0.1, 0.15) is 0 Å². The van der Waals surface area contributed by atoms with Gasteiger partial charge in [-0.1, -0.05) is 36.8 Å². The minimum absolute atomic E-state index is 0.0596. The molecule has 0 bridgehead atoms. The van der Waals surface area contributed by atoms with E-state index in [1.165, 1.54) is 6.08 Å². The van der Waals surface area contributed by atoms with E-state index in [0.717, 1.165) is 54.3 Å². The number of halogens is 4. The molecule has 5 rings (SSSR count). The van der Waals surface area contributed by atoms with Gasteiger partial charge in [0.2, 0.25) is 5.95 Å². The normalized spacial score (nSPS) is 15.1. The first-order valence-electron chi connectivity index (χ1n) is 12.1. The summed E-state index contributed by atoms with van der Waals surface area (Å²) in [5.41, 5.74) is 4.15. The summed E-state index contributed by atoms with van der Waals surface area (Å²) in [4.78, 5) is 15.2. The van der Waals surface area contributed by atoms with Gasteiger partial charge in [0.15, 0.2) is 0 Å². The topological polar surface area (TPSA) is 78.9 Å². The van der Waals surface area contributed by atoms with E-state index < -0.39 is 23.7 Å². The Morgan fingerprint density at radius 3 is 2.39 bits per heavy atom. The van der Waals surface area contributed by atoms with Gasteiger partial charge in [-0.3, -0.25) is 10.1 Å². The Labute approximate surface area is 215 Å². The molecule has 2 N–H and O–H groups in total. The molecule has 2 aromatic carbocycles. The summed E-state index contributed by atoms with van der Waals surface area (Å²) < 4.78 is 54.6. The molecule has 0 spiro atoms. The number of aliphatic carboxylic acids is 1. The predicted octanol–water partition coefficient (Wildman–Crippen LogP) is 7.28. The number of aryl methyl sites for hydroxylation is 1. The molecule has 4 aromatic rings. The van der Waals surface area contributed by atoms with Gasteiger partial charge in [0.05, 0.1) is 22.2 Å². The summed E-state index contributed by atoms with van der Waals surface area (Å²) in [6.45, 7) is 1.62. The summed E-state index contributed by atoms with van der Waals surface area (Å²) in [6, 6.07) is 13.5. The molecule has 1 fully saturated rings. The van der Waals surface area contributed by atoms with Gasteiger partial charge in [-0.15, -0.1) is 0 Å². The van der Waals surface area contributed by atoms with Crippen LogP contribution in [0.1, 0.15) is 52.8 Å². The standard InChI is InChI=1S/C29H23F4N3O2/c1-16-13-21(29(31,32)33)15-34-27(16)26(18-3-2-4-18)25(19-8-5-17(6-9-19)7-12-24(37)38)20-10-11-23-22(14-20)28(30)36-35-23/h5-15,18H,2-4H2,1H3,(H,35,36)(H,37,38)/b12-7+,26-25+. The van der Waals surface area contributed by atoms with E-state index in [1.54, 1.807) is 31.2 Å². The van der Waals surface area contributed by atoms with E-state index in [2.05, 4.69) is 15.2 Å². The van der Waals surface area contributed by atoms with Gasteiger partial charge in [-0.25, -0.2) is 4.79 Å². The zero-order chi connectivity index (χ0) is 27.0. The maximum atomic E-state index is 14.5. The van der Waals surface area contributed by atoms with Crippen molar-refractivity contribution in [3.63, 3.8) is 0 Å². The van der Waals surface area contributed by atoms with Gasteiger partial charge < -0.3 is 5.11 Å². The Bertz CT molecular complexity index is 1580. The molecule has 0 amide bonds. The maximum Gasteiger partial charge on any atom is 0.417 e. The quantitative estimate of drug-likeness (QED) is 0.206. The van der Waals surface area contributed by atoms with E-state index in [1.807, 2.05) is 18.2 Å². The molecule has 0 radical (unpaired) electrons. The number of nitrogens with zero attached hydrogens (tertiary/aromatic N) is 2. The van der Waals surface area contributed by atoms with Gasteiger partial charge in [0, 0.05) is 12.3 Å². The van der Waals surface area contributed by atoms with Gasteiger partial charge >= 0.3 is 12.1 Å². The summed E-state index contributed by atoms with van der Waals surface area (Å²) >= 11 is 0. The fraction of sp³-hybridized carbons (Fsp3) is 0.207. The monoisotopic (exact) mass is 521 g/mol. The van der Waals surface area contributed by atoms with Crippen molar-refractivity contribution in [2.24, 2.45) is 5.92 Å². The molecular formula is C29H23F4N3O2. The number of carbonyl (C=O) groups is 1. The number of nitrogens with one attached hydrogen (secondary N) is 1. The van der Waals surface area contributed by atoms with Crippen molar-refractivity contribution < 1.29 is 27.5 Å². The van der Waals surface area contributed by atoms with Crippen LogP contribution in [0.5, 0.6) is 0 Å². The smallest absolute Gasteiger partial charge is 0.417 e.